The Hall–Kier alpha value is -2.65. The van der Waals surface area contributed by atoms with Crippen LogP contribution in [0.25, 0.3) is 0 Å². The lowest BCUT2D eigenvalue weighted by Crippen LogP contribution is -2.52. The van der Waals surface area contributed by atoms with Gasteiger partial charge < -0.3 is 26.0 Å². The lowest BCUT2D eigenvalue weighted by molar-refractivity contribution is -0.144. The zero-order valence-electron chi connectivity index (χ0n) is 13.7. The third kappa shape index (κ3) is 8.18. The summed E-state index contributed by atoms with van der Waals surface area (Å²) in [7, 11) is 0. The minimum atomic E-state index is -3.13. The van der Waals surface area contributed by atoms with Crippen LogP contribution >= 0.6 is 0 Å². The molecule has 2 atom stereocenters. The predicted octanol–water partition coefficient (Wildman–Crippen LogP) is -1.60. The Balaban J connectivity index is 5.08. The van der Waals surface area contributed by atoms with Crippen LogP contribution in [0.4, 0.5) is 0 Å². The van der Waals surface area contributed by atoms with E-state index in [9.17, 15) is 24.0 Å². The van der Waals surface area contributed by atoms with E-state index in [1.54, 1.807) is 5.32 Å². The monoisotopic (exact) mass is 307 g/mol. The quantitative estimate of drug-likeness (QED) is 0.339. The number of rotatable bonds is 9. The van der Waals surface area contributed by atoms with Crippen molar-refractivity contribution in [2.24, 2.45) is 0 Å². The molecule has 0 radical (unpaired) electrons. The van der Waals surface area contributed by atoms with Gasteiger partial charge in [0.05, 0.1) is 6.42 Å². The molecule has 0 aliphatic carbocycles. The smallest absolute Gasteiger partial charge is 0.326 e. The molecule has 5 N–H and O–H groups in total. The van der Waals surface area contributed by atoms with Gasteiger partial charge in [0, 0.05) is 17.4 Å². The largest absolute Gasteiger partial charge is 0.481 e. The Morgan fingerprint density at radius 3 is 2.05 bits per heavy atom. The maximum Gasteiger partial charge on any atom is 0.326 e. The second-order valence-electron chi connectivity index (χ2n) is 3.96. The first-order chi connectivity index (χ1) is 10.8. The molecule has 0 aromatic carbocycles. The Morgan fingerprint density at radius 1 is 1.00 bits per heavy atom. The summed E-state index contributed by atoms with van der Waals surface area (Å²) in [5, 5.41) is 29.7. The summed E-state index contributed by atoms with van der Waals surface area (Å²) >= 11 is 0. The second kappa shape index (κ2) is 8.51. The van der Waals surface area contributed by atoms with Crippen molar-refractivity contribution < 1.29 is 43.4 Å². The Labute approximate surface area is 123 Å². The second-order valence-corrected chi connectivity index (χ2v) is 3.96. The van der Waals surface area contributed by atoms with E-state index in [-0.39, 0.29) is 0 Å². The molecule has 21 heavy (non-hydrogen) atoms. The third-order valence-corrected chi connectivity index (χ3v) is 2.26. The van der Waals surface area contributed by atoms with Crippen LogP contribution in [-0.2, 0) is 24.0 Å². The first-order valence-corrected chi connectivity index (χ1v) is 5.62. The topological polar surface area (TPSA) is 170 Å². The van der Waals surface area contributed by atoms with E-state index in [0.717, 1.165) is 0 Å². The lowest BCUT2D eigenvalue weighted by Gasteiger charge is -2.19. The molecule has 0 spiro atoms. The number of carboxylic acid groups (broad SMARTS) is 3. The number of nitrogens with one attached hydrogen (secondary N) is 2. The number of carbonyl (C=O) groups is 5. The van der Waals surface area contributed by atoms with Crippen LogP contribution < -0.4 is 10.6 Å². The molecule has 0 aromatic heterocycles. The molecule has 0 aliphatic heterocycles. The maximum absolute atomic E-state index is 11.9. The van der Waals surface area contributed by atoms with Crippen molar-refractivity contribution in [3.8, 4) is 0 Å². The highest BCUT2D eigenvalue weighted by Gasteiger charge is 2.27. The Morgan fingerprint density at radius 2 is 1.62 bits per heavy atom. The molecule has 2 amide bonds. The van der Waals surface area contributed by atoms with Gasteiger partial charge in [-0.1, -0.05) is 0 Å². The average Bonchev–Trinajstić information content (AvgIpc) is 2.40. The van der Waals surface area contributed by atoms with Crippen molar-refractivity contribution in [1.82, 2.24) is 10.6 Å². The van der Waals surface area contributed by atoms with Crippen LogP contribution in [-0.4, -0.2) is 57.1 Å². The summed E-state index contributed by atoms with van der Waals surface area (Å²) in [6, 6.07) is -3.48. The summed E-state index contributed by atoms with van der Waals surface area (Å²) < 4.78 is 20.6. The summed E-state index contributed by atoms with van der Waals surface area (Å²) in [6.07, 6.45) is -2.05. The zero-order chi connectivity index (χ0) is 19.1. The molecular weight excluding hydrogens is 288 g/mol. The number of carbonyl (C=O) groups excluding carboxylic acids is 2. The van der Waals surface area contributed by atoms with E-state index in [1.165, 1.54) is 0 Å². The van der Waals surface area contributed by atoms with Gasteiger partial charge in [-0.25, -0.2) is 4.79 Å². The standard InChI is InChI=1S/C11H16N2O8/c1-5(14)12-7(4-9(17)18)10(19)13-6(11(20)21)2-3-8(15)16/h6-7H,2-4H2,1H3,(H,12,14)(H,13,19)(H,15,16)(H,17,18)(H,20,21)/t6-,7-/m0/s1/i1D3. The summed E-state index contributed by atoms with van der Waals surface area (Å²) in [4.78, 5) is 55.4. The van der Waals surface area contributed by atoms with Crippen LogP contribution in [0.3, 0.4) is 0 Å². The van der Waals surface area contributed by atoms with Crippen molar-refractivity contribution >= 4 is 29.7 Å². The molecule has 0 saturated carbocycles. The van der Waals surface area contributed by atoms with Gasteiger partial charge in [0.1, 0.15) is 12.1 Å². The van der Waals surface area contributed by atoms with Crippen molar-refractivity contribution in [2.45, 2.75) is 38.2 Å². The van der Waals surface area contributed by atoms with Gasteiger partial charge in [0.25, 0.3) is 0 Å². The predicted molar refractivity (Wildman–Crippen MR) is 66.3 cm³/mol. The number of hydrogen-bond donors (Lipinski definition) is 5. The van der Waals surface area contributed by atoms with Crippen LogP contribution in [0.5, 0.6) is 0 Å². The van der Waals surface area contributed by atoms with Crippen molar-refractivity contribution in [1.29, 1.82) is 0 Å². The van der Waals surface area contributed by atoms with E-state index < -0.39 is 67.9 Å². The molecular formula is C11H16N2O8. The van der Waals surface area contributed by atoms with Gasteiger partial charge in [-0.2, -0.15) is 0 Å². The highest BCUT2D eigenvalue weighted by Crippen LogP contribution is 2.01. The molecule has 10 heteroatoms. The first kappa shape index (κ1) is 13.3. The molecule has 10 nitrogen and oxygen atoms in total. The van der Waals surface area contributed by atoms with Gasteiger partial charge in [-0.15, -0.1) is 0 Å². The molecule has 0 fully saturated rings. The average molecular weight is 307 g/mol. The fraction of sp³-hybridized carbons (Fsp3) is 0.545. The molecule has 0 rings (SSSR count). The number of hydrogen-bond acceptors (Lipinski definition) is 5. The van der Waals surface area contributed by atoms with Crippen LogP contribution in [0.15, 0.2) is 0 Å². The van der Waals surface area contributed by atoms with Gasteiger partial charge in [0.15, 0.2) is 0 Å². The van der Waals surface area contributed by atoms with Gasteiger partial charge in [-0.05, 0) is 6.42 Å². The fourth-order valence-electron chi connectivity index (χ4n) is 1.34. The molecule has 0 aromatic rings. The summed E-state index contributed by atoms with van der Waals surface area (Å²) in [5.41, 5.74) is 0. The number of amides is 2. The van der Waals surface area contributed by atoms with Crippen LogP contribution in [0, 0.1) is 0 Å². The van der Waals surface area contributed by atoms with Crippen molar-refractivity contribution in [2.75, 3.05) is 0 Å². The first-order valence-electron chi connectivity index (χ1n) is 7.12. The van der Waals surface area contributed by atoms with Crippen molar-refractivity contribution in [3.63, 3.8) is 0 Å². The molecule has 0 bridgehead atoms. The zero-order valence-corrected chi connectivity index (χ0v) is 10.7. The SMILES string of the molecule is [2H]C([2H])([2H])C(=O)N[C@@H](CC(=O)O)C(=O)N[C@@H](CCC(=O)O)C(=O)O. The molecule has 0 saturated heterocycles. The van der Waals surface area contributed by atoms with Crippen LogP contribution in [0.2, 0.25) is 0 Å². The molecule has 0 unspecified atom stereocenters. The van der Waals surface area contributed by atoms with Crippen molar-refractivity contribution in [3.05, 3.63) is 0 Å². The Bertz CT molecular complexity index is 534. The fourth-order valence-corrected chi connectivity index (χ4v) is 1.34. The Kier molecular flexibility index (Phi) is 5.40. The highest BCUT2D eigenvalue weighted by atomic mass is 16.4. The minimum Gasteiger partial charge on any atom is -0.481 e. The van der Waals surface area contributed by atoms with E-state index in [1.807, 2.05) is 5.32 Å². The lowest BCUT2D eigenvalue weighted by atomic mass is 10.1. The third-order valence-electron chi connectivity index (χ3n) is 2.26. The maximum atomic E-state index is 11.9. The summed E-state index contributed by atoms with van der Waals surface area (Å²) in [6.45, 7) is -3.13. The van der Waals surface area contributed by atoms with Crippen LogP contribution in [0.1, 0.15) is 30.2 Å². The van der Waals surface area contributed by atoms with Gasteiger partial charge >= 0.3 is 17.9 Å². The normalized spacial score (nSPS) is 15.5. The molecule has 0 aliphatic rings. The molecule has 118 valence electrons. The molecule has 0 heterocycles. The van der Waals surface area contributed by atoms with E-state index >= 15 is 0 Å². The van der Waals surface area contributed by atoms with Gasteiger partial charge in [0.2, 0.25) is 11.8 Å². The number of carboxylic acids is 3. The number of aliphatic carboxylic acids is 3. The summed E-state index contributed by atoms with van der Waals surface area (Å²) in [5.74, 6) is -7.26. The van der Waals surface area contributed by atoms with E-state index in [4.69, 9.17) is 19.4 Å². The van der Waals surface area contributed by atoms with Gasteiger partial charge in [-0.3, -0.25) is 19.2 Å². The minimum absolute atomic E-state index is 0.483. The highest BCUT2D eigenvalue weighted by molar-refractivity contribution is 5.92. The van der Waals surface area contributed by atoms with E-state index in [0.29, 0.717) is 0 Å². The van der Waals surface area contributed by atoms with E-state index in [2.05, 4.69) is 0 Å².